The Balaban J connectivity index is 1.85. The molecule has 0 aromatic carbocycles. The highest BCUT2D eigenvalue weighted by atomic mass is 28.3. The van der Waals surface area contributed by atoms with Crippen LogP contribution >= 0.6 is 0 Å². The number of rotatable bonds is 18. The first-order valence-corrected chi connectivity index (χ1v) is 14.8. The maximum Gasteiger partial charge on any atom is 0.180 e. The third-order valence-corrected chi connectivity index (χ3v) is 10.4. The van der Waals surface area contributed by atoms with E-state index in [0.717, 1.165) is 18.1 Å². The molecule has 1 aliphatic heterocycles. The fraction of sp³-hybridized carbons (Fsp3) is 1.00. The van der Waals surface area contributed by atoms with Crippen LogP contribution in [0.3, 0.4) is 0 Å². The van der Waals surface area contributed by atoms with Crippen molar-refractivity contribution in [3.63, 3.8) is 0 Å². The van der Waals surface area contributed by atoms with E-state index in [1.54, 1.807) is 0 Å². The molecule has 0 N–H and O–H groups in total. The van der Waals surface area contributed by atoms with Gasteiger partial charge < -0.3 is 4.43 Å². The van der Waals surface area contributed by atoms with Crippen molar-refractivity contribution in [2.45, 2.75) is 148 Å². The lowest BCUT2D eigenvalue weighted by atomic mass is 10.0. The quantitative estimate of drug-likeness (QED) is 0.166. The lowest BCUT2D eigenvalue weighted by molar-refractivity contribution is 0.268. The van der Waals surface area contributed by atoms with Gasteiger partial charge in [-0.25, -0.2) is 0 Å². The summed E-state index contributed by atoms with van der Waals surface area (Å²) < 4.78 is 6.22. The minimum absolute atomic E-state index is 0.839. The molecule has 0 aromatic heterocycles. The summed E-state index contributed by atoms with van der Waals surface area (Å²) in [6.07, 6.45) is 26.2. The molecule has 1 fully saturated rings. The van der Waals surface area contributed by atoms with Crippen LogP contribution in [0.25, 0.3) is 0 Å². The summed E-state index contributed by atoms with van der Waals surface area (Å²) >= 11 is 0. The smallest absolute Gasteiger partial charge is 0.180 e. The SMILES string of the molecule is CCCCCCCCCCCCCCCCCC(C(C)C)[SiH]1CCCCO1. The molecule has 0 bridgehead atoms. The normalized spacial score (nSPS) is 18.9. The third-order valence-electron chi connectivity index (χ3n) is 6.69. The first kappa shape index (κ1) is 25.2. The second kappa shape index (κ2) is 18.2. The zero-order chi connectivity index (χ0) is 19.6. The summed E-state index contributed by atoms with van der Waals surface area (Å²) in [4.78, 5) is 0. The van der Waals surface area contributed by atoms with Gasteiger partial charge in [0.1, 0.15) is 0 Å². The molecule has 1 heterocycles. The molecule has 0 aliphatic carbocycles. The lowest BCUT2D eigenvalue weighted by Gasteiger charge is -2.31. The van der Waals surface area contributed by atoms with Crippen molar-refractivity contribution in [2.75, 3.05) is 6.61 Å². The van der Waals surface area contributed by atoms with Gasteiger partial charge in [-0.3, -0.25) is 0 Å². The molecule has 27 heavy (non-hydrogen) atoms. The van der Waals surface area contributed by atoms with Gasteiger partial charge in [-0.1, -0.05) is 130 Å². The van der Waals surface area contributed by atoms with Crippen molar-refractivity contribution in [2.24, 2.45) is 5.92 Å². The van der Waals surface area contributed by atoms with Crippen LogP contribution in [0, 0.1) is 5.92 Å². The van der Waals surface area contributed by atoms with Crippen LogP contribution in [0.1, 0.15) is 136 Å². The molecule has 2 unspecified atom stereocenters. The van der Waals surface area contributed by atoms with Gasteiger partial charge >= 0.3 is 0 Å². The maximum absolute atomic E-state index is 6.22. The Morgan fingerprint density at radius 3 is 1.56 bits per heavy atom. The second-order valence-corrected chi connectivity index (χ2v) is 12.4. The first-order valence-electron chi connectivity index (χ1n) is 12.9. The van der Waals surface area contributed by atoms with E-state index in [1.165, 1.54) is 122 Å². The fourth-order valence-corrected chi connectivity index (χ4v) is 8.27. The van der Waals surface area contributed by atoms with E-state index in [0.29, 0.717) is 0 Å². The maximum atomic E-state index is 6.22. The highest BCUT2D eigenvalue weighted by Gasteiger charge is 2.28. The molecule has 1 nitrogen and oxygen atoms in total. The largest absolute Gasteiger partial charge is 0.420 e. The minimum atomic E-state index is -0.892. The van der Waals surface area contributed by atoms with E-state index in [4.69, 9.17) is 4.43 Å². The van der Waals surface area contributed by atoms with E-state index in [9.17, 15) is 0 Å². The highest BCUT2D eigenvalue weighted by molar-refractivity contribution is 6.53. The standard InChI is InChI=1S/C25H52OSi/c1-4-5-6-7-8-9-10-11-12-13-14-15-16-17-18-21-25(24(2)3)27-23-20-19-22-26-27/h24-25,27H,4-23H2,1-3H3. The molecule has 0 spiro atoms. The predicted octanol–water partition coefficient (Wildman–Crippen LogP) is 8.81. The average Bonchev–Trinajstić information content (AvgIpc) is 2.68. The number of hydrogen-bond donors (Lipinski definition) is 0. The summed E-state index contributed by atoms with van der Waals surface area (Å²) in [5.74, 6) is 0.839. The Bertz CT molecular complexity index is 299. The van der Waals surface area contributed by atoms with Crippen LogP contribution in [-0.4, -0.2) is 15.6 Å². The van der Waals surface area contributed by atoms with Crippen LogP contribution in [0.15, 0.2) is 0 Å². The molecule has 0 amide bonds. The fourth-order valence-electron chi connectivity index (χ4n) is 4.80. The summed E-state index contributed by atoms with van der Waals surface area (Å²) in [6, 6.07) is 1.45. The van der Waals surface area contributed by atoms with E-state index >= 15 is 0 Å². The van der Waals surface area contributed by atoms with Crippen molar-refractivity contribution in [1.82, 2.24) is 0 Å². The van der Waals surface area contributed by atoms with Crippen LogP contribution in [0.4, 0.5) is 0 Å². The number of unbranched alkanes of at least 4 members (excludes halogenated alkanes) is 14. The van der Waals surface area contributed by atoms with Gasteiger partial charge in [0.2, 0.25) is 0 Å². The van der Waals surface area contributed by atoms with Gasteiger partial charge in [0.25, 0.3) is 0 Å². The van der Waals surface area contributed by atoms with Crippen molar-refractivity contribution < 1.29 is 4.43 Å². The molecule has 2 atom stereocenters. The molecule has 1 aliphatic rings. The molecular formula is C25H52OSi. The summed E-state index contributed by atoms with van der Waals surface area (Å²) in [5.41, 5.74) is 0.937. The Morgan fingerprint density at radius 1 is 0.667 bits per heavy atom. The lowest BCUT2D eigenvalue weighted by Crippen LogP contribution is -2.31. The van der Waals surface area contributed by atoms with Crippen LogP contribution in [0.2, 0.25) is 11.6 Å². The van der Waals surface area contributed by atoms with Crippen molar-refractivity contribution >= 4 is 9.04 Å². The van der Waals surface area contributed by atoms with Crippen molar-refractivity contribution in [3.05, 3.63) is 0 Å². The van der Waals surface area contributed by atoms with E-state index in [2.05, 4.69) is 20.8 Å². The zero-order valence-corrected chi connectivity index (χ0v) is 20.4. The molecule has 0 aromatic rings. The van der Waals surface area contributed by atoms with E-state index in [1.807, 2.05) is 0 Å². The highest BCUT2D eigenvalue weighted by Crippen LogP contribution is 2.33. The first-order chi connectivity index (χ1) is 13.3. The molecule has 0 radical (unpaired) electrons. The average molecular weight is 397 g/mol. The zero-order valence-electron chi connectivity index (χ0n) is 19.3. The van der Waals surface area contributed by atoms with Crippen LogP contribution < -0.4 is 0 Å². The molecule has 2 heteroatoms. The second-order valence-electron chi connectivity index (χ2n) is 9.55. The Labute approximate surface area is 174 Å². The topological polar surface area (TPSA) is 9.23 Å². The van der Waals surface area contributed by atoms with Crippen LogP contribution in [0.5, 0.6) is 0 Å². The molecular weight excluding hydrogens is 344 g/mol. The van der Waals surface area contributed by atoms with Gasteiger partial charge in [-0.15, -0.1) is 0 Å². The summed E-state index contributed by atoms with van der Waals surface area (Å²) in [6.45, 7) is 8.23. The Morgan fingerprint density at radius 2 is 1.15 bits per heavy atom. The van der Waals surface area contributed by atoms with E-state index < -0.39 is 9.04 Å². The monoisotopic (exact) mass is 396 g/mol. The molecule has 0 saturated carbocycles. The van der Waals surface area contributed by atoms with Gasteiger partial charge in [-0.2, -0.15) is 0 Å². The van der Waals surface area contributed by atoms with Gasteiger partial charge in [0, 0.05) is 6.61 Å². The van der Waals surface area contributed by atoms with Crippen LogP contribution in [-0.2, 0) is 4.43 Å². The molecule has 1 saturated heterocycles. The molecule has 162 valence electrons. The van der Waals surface area contributed by atoms with E-state index in [-0.39, 0.29) is 0 Å². The molecule has 1 rings (SSSR count). The van der Waals surface area contributed by atoms with Gasteiger partial charge in [0.05, 0.1) is 0 Å². The Kier molecular flexibility index (Phi) is 17.0. The summed E-state index contributed by atoms with van der Waals surface area (Å²) in [5, 5.41) is 0. The number of hydrogen-bond acceptors (Lipinski definition) is 1. The van der Waals surface area contributed by atoms with Gasteiger partial charge in [-0.05, 0) is 23.9 Å². The van der Waals surface area contributed by atoms with Gasteiger partial charge in [0.15, 0.2) is 9.04 Å². The van der Waals surface area contributed by atoms with Crippen molar-refractivity contribution in [3.8, 4) is 0 Å². The summed E-state index contributed by atoms with van der Waals surface area (Å²) in [7, 11) is -0.892. The van der Waals surface area contributed by atoms with Crippen molar-refractivity contribution in [1.29, 1.82) is 0 Å². The predicted molar refractivity (Wildman–Crippen MR) is 125 cm³/mol. The Hall–Kier alpha value is 0.177. The third kappa shape index (κ3) is 13.9. The minimum Gasteiger partial charge on any atom is -0.420 e.